The van der Waals surface area contributed by atoms with Gasteiger partial charge in [-0.2, -0.15) is 5.10 Å². The van der Waals surface area contributed by atoms with E-state index in [1.165, 1.54) is 5.56 Å². The van der Waals surface area contributed by atoms with Gasteiger partial charge in [0.15, 0.2) is 0 Å². The van der Waals surface area contributed by atoms with Gasteiger partial charge in [-0.3, -0.25) is 4.68 Å². The fourth-order valence-electron chi connectivity index (χ4n) is 2.19. The molecule has 3 N–H and O–H groups in total. The molecule has 1 aromatic heterocycles. The Morgan fingerprint density at radius 1 is 1.40 bits per heavy atom. The Labute approximate surface area is 120 Å². The Morgan fingerprint density at radius 2 is 2.10 bits per heavy atom. The SMILES string of the molecule is CCCC(O)CNC(=O)NCCc1c(C)nn(C)c1C. The smallest absolute Gasteiger partial charge is 0.314 e. The maximum atomic E-state index is 11.6. The summed E-state index contributed by atoms with van der Waals surface area (Å²) in [4.78, 5) is 11.6. The minimum Gasteiger partial charge on any atom is -0.391 e. The highest BCUT2D eigenvalue weighted by atomic mass is 16.3. The van der Waals surface area contributed by atoms with Crippen LogP contribution in [0.25, 0.3) is 0 Å². The van der Waals surface area contributed by atoms with Gasteiger partial charge in [0, 0.05) is 25.8 Å². The number of aromatic nitrogens is 2. The van der Waals surface area contributed by atoms with Crippen molar-refractivity contribution in [3.05, 3.63) is 17.0 Å². The van der Waals surface area contributed by atoms with Crippen LogP contribution in [0.1, 0.15) is 36.7 Å². The first-order valence-electron chi connectivity index (χ1n) is 7.14. The lowest BCUT2D eigenvalue weighted by Crippen LogP contribution is -2.40. The van der Waals surface area contributed by atoms with E-state index in [0.717, 1.165) is 24.2 Å². The molecule has 0 aliphatic rings. The van der Waals surface area contributed by atoms with Gasteiger partial charge in [0.1, 0.15) is 0 Å². The molecule has 0 aliphatic carbocycles. The van der Waals surface area contributed by atoms with Gasteiger partial charge in [0.2, 0.25) is 0 Å². The number of amides is 2. The van der Waals surface area contributed by atoms with E-state index < -0.39 is 6.10 Å². The Bertz CT molecular complexity index is 443. The molecule has 1 aromatic rings. The van der Waals surface area contributed by atoms with E-state index in [-0.39, 0.29) is 6.03 Å². The molecule has 1 unspecified atom stereocenters. The number of nitrogens with one attached hydrogen (secondary N) is 2. The molecule has 6 nitrogen and oxygen atoms in total. The Kier molecular flexibility index (Phi) is 6.51. The molecular weight excluding hydrogens is 256 g/mol. The maximum absolute atomic E-state index is 11.6. The fraction of sp³-hybridized carbons (Fsp3) is 0.714. The van der Waals surface area contributed by atoms with Crippen LogP contribution in [-0.2, 0) is 13.5 Å². The third-order valence-electron chi connectivity index (χ3n) is 3.44. The molecule has 1 atom stereocenters. The molecule has 1 heterocycles. The van der Waals surface area contributed by atoms with Gasteiger partial charge in [-0.25, -0.2) is 4.79 Å². The van der Waals surface area contributed by atoms with E-state index in [4.69, 9.17) is 0 Å². The fourth-order valence-corrected chi connectivity index (χ4v) is 2.19. The monoisotopic (exact) mass is 282 g/mol. The maximum Gasteiger partial charge on any atom is 0.314 e. The van der Waals surface area contributed by atoms with E-state index in [2.05, 4.69) is 15.7 Å². The summed E-state index contributed by atoms with van der Waals surface area (Å²) in [5.74, 6) is 0. The first-order chi connectivity index (χ1) is 9.45. The predicted octanol–water partition coefficient (Wildman–Crippen LogP) is 1.04. The van der Waals surface area contributed by atoms with E-state index in [9.17, 15) is 9.90 Å². The summed E-state index contributed by atoms with van der Waals surface area (Å²) >= 11 is 0. The van der Waals surface area contributed by atoms with Crippen molar-refractivity contribution in [2.75, 3.05) is 13.1 Å². The normalized spacial score (nSPS) is 12.2. The summed E-state index contributed by atoms with van der Waals surface area (Å²) in [6, 6.07) is -0.237. The topological polar surface area (TPSA) is 79.2 Å². The lowest BCUT2D eigenvalue weighted by Gasteiger charge is -2.11. The molecule has 0 fully saturated rings. The minimum atomic E-state index is -0.464. The van der Waals surface area contributed by atoms with Crippen LogP contribution < -0.4 is 10.6 Å². The van der Waals surface area contributed by atoms with Gasteiger partial charge in [-0.05, 0) is 32.3 Å². The van der Waals surface area contributed by atoms with Crippen LogP contribution in [0.15, 0.2) is 0 Å². The zero-order valence-electron chi connectivity index (χ0n) is 12.9. The number of hydrogen-bond acceptors (Lipinski definition) is 3. The average Bonchev–Trinajstić information content (AvgIpc) is 2.63. The summed E-state index contributed by atoms with van der Waals surface area (Å²) in [5.41, 5.74) is 3.31. The third kappa shape index (κ3) is 4.85. The van der Waals surface area contributed by atoms with Gasteiger partial charge >= 0.3 is 6.03 Å². The van der Waals surface area contributed by atoms with Crippen molar-refractivity contribution in [1.29, 1.82) is 0 Å². The lowest BCUT2D eigenvalue weighted by atomic mass is 10.1. The molecule has 0 aromatic carbocycles. The summed E-state index contributed by atoms with van der Waals surface area (Å²) in [6.07, 6.45) is 1.91. The molecule has 0 spiro atoms. The average molecular weight is 282 g/mol. The molecule has 2 amide bonds. The van der Waals surface area contributed by atoms with Crippen LogP contribution in [0.4, 0.5) is 4.79 Å². The van der Waals surface area contributed by atoms with Crippen LogP contribution in [0.5, 0.6) is 0 Å². The van der Waals surface area contributed by atoms with Crippen LogP contribution >= 0.6 is 0 Å². The second-order valence-corrected chi connectivity index (χ2v) is 5.10. The van der Waals surface area contributed by atoms with Crippen molar-refractivity contribution in [3.63, 3.8) is 0 Å². The number of hydrogen-bond donors (Lipinski definition) is 3. The number of carbonyl (C=O) groups is 1. The summed E-state index contributed by atoms with van der Waals surface area (Å²) in [5, 5.41) is 19.3. The number of rotatable bonds is 7. The number of aliphatic hydroxyl groups is 1. The number of nitrogens with zero attached hydrogens (tertiary/aromatic N) is 2. The zero-order chi connectivity index (χ0) is 15.1. The molecule has 0 aliphatic heterocycles. The van der Waals surface area contributed by atoms with E-state index in [1.54, 1.807) is 0 Å². The predicted molar refractivity (Wildman–Crippen MR) is 78.7 cm³/mol. The largest absolute Gasteiger partial charge is 0.391 e. The summed E-state index contributed by atoms with van der Waals surface area (Å²) < 4.78 is 1.85. The van der Waals surface area contributed by atoms with Crippen molar-refractivity contribution < 1.29 is 9.90 Å². The Morgan fingerprint density at radius 3 is 2.65 bits per heavy atom. The zero-order valence-corrected chi connectivity index (χ0v) is 12.9. The quantitative estimate of drug-likeness (QED) is 0.699. The Balaban J connectivity index is 2.28. The molecule has 114 valence electrons. The second-order valence-electron chi connectivity index (χ2n) is 5.10. The second kappa shape index (κ2) is 7.89. The molecular formula is C14H26N4O2. The first kappa shape index (κ1) is 16.5. The third-order valence-corrected chi connectivity index (χ3v) is 3.44. The molecule has 0 saturated heterocycles. The van der Waals surface area contributed by atoms with E-state index in [1.807, 2.05) is 32.5 Å². The van der Waals surface area contributed by atoms with Crippen molar-refractivity contribution in [1.82, 2.24) is 20.4 Å². The lowest BCUT2D eigenvalue weighted by molar-refractivity contribution is 0.160. The van der Waals surface area contributed by atoms with Crippen molar-refractivity contribution in [2.45, 2.75) is 46.1 Å². The minimum absolute atomic E-state index is 0.237. The number of carbonyl (C=O) groups excluding carboxylic acids is 1. The highest BCUT2D eigenvalue weighted by Crippen LogP contribution is 2.11. The van der Waals surface area contributed by atoms with Gasteiger partial charge in [-0.15, -0.1) is 0 Å². The van der Waals surface area contributed by atoms with Crippen LogP contribution in [0.3, 0.4) is 0 Å². The van der Waals surface area contributed by atoms with E-state index >= 15 is 0 Å². The van der Waals surface area contributed by atoms with Crippen molar-refractivity contribution in [2.24, 2.45) is 7.05 Å². The van der Waals surface area contributed by atoms with Crippen molar-refractivity contribution >= 4 is 6.03 Å². The number of aryl methyl sites for hydroxylation is 2. The molecule has 6 heteroatoms. The van der Waals surface area contributed by atoms with Crippen LogP contribution in [-0.4, -0.2) is 40.1 Å². The standard InChI is InChI=1S/C14H26N4O2/c1-5-6-12(19)9-16-14(20)15-8-7-13-10(2)17-18(4)11(13)3/h12,19H,5-9H2,1-4H3,(H2,15,16,20). The van der Waals surface area contributed by atoms with Gasteiger partial charge in [0.25, 0.3) is 0 Å². The highest BCUT2D eigenvalue weighted by molar-refractivity contribution is 5.73. The Hall–Kier alpha value is -1.56. The van der Waals surface area contributed by atoms with Gasteiger partial charge < -0.3 is 15.7 Å². The highest BCUT2D eigenvalue weighted by Gasteiger charge is 2.10. The summed E-state index contributed by atoms with van der Waals surface area (Å²) in [6.45, 7) is 6.86. The van der Waals surface area contributed by atoms with Crippen molar-refractivity contribution in [3.8, 4) is 0 Å². The molecule has 0 bridgehead atoms. The number of aliphatic hydroxyl groups excluding tert-OH is 1. The summed E-state index contributed by atoms with van der Waals surface area (Å²) in [7, 11) is 1.92. The molecule has 1 rings (SSSR count). The molecule has 0 saturated carbocycles. The number of urea groups is 1. The van der Waals surface area contributed by atoms with Gasteiger partial charge in [-0.1, -0.05) is 13.3 Å². The van der Waals surface area contributed by atoms with Crippen LogP contribution in [0.2, 0.25) is 0 Å². The molecule has 0 radical (unpaired) electrons. The van der Waals surface area contributed by atoms with Gasteiger partial charge in [0.05, 0.1) is 11.8 Å². The first-order valence-corrected chi connectivity index (χ1v) is 7.14. The van der Waals surface area contributed by atoms with E-state index in [0.29, 0.717) is 19.5 Å². The molecule has 20 heavy (non-hydrogen) atoms. The van der Waals surface area contributed by atoms with Crippen LogP contribution in [0, 0.1) is 13.8 Å².